The summed E-state index contributed by atoms with van der Waals surface area (Å²) in [6, 6.07) is 5.16. The van der Waals surface area contributed by atoms with Gasteiger partial charge in [-0.3, -0.25) is 4.79 Å². The van der Waals surface area contributed by atoms with Crippen LogP contribution in [0, 0.1) is 0 Å². The van der Waals surface area contributed by atoms with E-state index in [-0.39, 0.29) is 5.91 Å². The zero-order valence-electron chi connectivity index (χ0n) is 13.2. The number of carbonyl (C=O) groups excluding carboxylic acids is 1. The molecule has 0 saturated carbocycles. The number of amides is 1. The molecule has 0 aromatic carbocycles. The first-order valence-electron chi connectivity index (χ1n) is 8.39. The van der Waals surface area contributed by atoms with Gasteiger partial charge in [0.05, 0.1) is 0 Å². The topological polar surface area (TPSA) is 37.3 Å². The lowest BCUT2D eigenvalue weighted by Crippen LogP contribution is -2.52. The van der Waals surface area contributed by atoms with Gasteiger partial charge >= 0.3 is 0 Å². The fraction of sp³-hybridized carbons (Fsp3) is 0.706. The molecular weight excluding hydrogens is 262 g/mol. The molecule has 0 spiro atoms. The molecule has 1 N–H and O–H groups in total. The summed E-state index contributed by atoms with van der Waals surface area (Å²) >= 11 is 0. The van der Waals surface area contributed by atoms with Crippen molar-refractivity contribution in [3.8, 4) is 0 Å². The van der Waals surface area contributed by atoms with Crippen LogP contribution < -0.4 is 5.32 Å². The minimum absolute atomic E-state index is 0.215. The molecule has 4 nitrogen and oxygen atoms in total. The van der Waals surface area contributed by atoms with E-state index in [4.69, 9.17) is 0 Å². The summed E-state index contributed by atoms with van der Waals surface area (Å²) in [5.74, 6) is 0.215. The third kappa shape index (κ3) is 2.86. The maximum Gasteiger partial charge on any atom is 0.270 e. The first kappa shape index (κ1) is 14.6. The van der Waals surface area contributed by atoms with E-state index in [1.54, 1.807) is 0 Å². The van der Waals surface area contributed by atoms with Crippen molar-refractivity contribution in [2.45, 2.75) is 64.1 Å². The number of hydrogen-bond acceptors (Lipinski definition) is 2. The van der Waals surface area contributed by atoms with Gasteiger partial charge in [-0.25, -0.2) is 0 Å². The summed E-state index contributed by atoms with van der Waals surface area (Å²) in [6.45, 7) is 6.27. The Morgan fingerprint density at radius 2 is 2.14 bits per heavy atom. The van der Waals surface area contributed by atoms with Gasteiger partial charge in [-0.1, -0.05) is 0 Å². The van der Waals surface area contributed by atoms with Gasteiger partial charge in [0.25, 0.3) is 5.91 Å². The monoisotopic (exact) mass is 289 g/mol. The van der Waals surface area contributed by atoms with Crippen LogP contribution in [0.5, 0.6) is 0 Å². The van der Waals surface area contributed by atoms with E-state index in [2.05, 4.69) is 28.6 Å². The number of hydrogen-bond donors (Lipinski definition) is 1. The Balaban J connectivity index is 1.82. The molecule has 3 rings (SSSR count). The first-order chi connectivity index (χ1) is 10.2. The van der Waals surface area contributed by atoms with Crippen molar-refractivity contribution in [2.24, 2.45) is 0 Å². The Bertz CT molecular complexity index is 488. The predicted octanol–water partition coefficient (Wildman–Crippen LogP) is 2.82. The Kier molecular flexibility index (Phi) is 4.34. The molecule has 21 heavy (non-hydrogen) atoms. The van der Waals surface area contributed by atoms with E-state index in [9.17, 15) is 4.79 Å². The van der Waals surface area contributed by atoms with Crippen molar-refractivity contribution < 1.29 is 4.79 Å². The second kappa shape index (κ2) is 6.22. The van der Waals surface area contributed by atoms with E-state index in [1.807, 2.05) is 18.3 Å². The van der Waals surface area contributed by atoms with Gasteiger partial charge in [0, 0.05) is 30.9 Å². The van der Waals surface area contributed by atoms with Crippen molar-refractivity contribution in [3.05, 3.63) is 24.0 Å². The van der Waals surface area contributed by atoms with Crippen LogP contribution in [0.4, 0.5) is 0 Å². The fourth-order valence-corrected chi connectivity index (χ4v) is 3.84. The normalized spacial score (nSPS) is 26.5. The predicted molar refractivity (Wildman–Crippen MR) is 84.5 cm³/mol. The second-order valence-electron chi connectivity index (χ2n) is 6.66. The van der Waals surface area contributed by atoms with Crippen LogP contribution in [-0.4, -0.2) is 40.5 Å². The van der Waals surface area contributed by atoms with Crippen molar-refractivity contribution >= 4 is 5.91 Å². The lowest BCUT2D eigenvalue weighted by molar-refractivity contribution is 0.0551. The van der Waals surface area contributed by atoms with Crippen LogP contribution in [0.2, 0.25) is 0 Å². The highest BCUT2D eigenvalue weighted by atomic mass is 16.2. The van der Waals surface area contributed by atoms with E-state index >= 15 is 0 Å². The molecule has 1 amide bonds. The molecule has 2 fully saturated rings. The molecular formula is C17H27N3O. The van der Waals surface area contributed by atoms with Crippen molar-refractivity contribution in [1.29, 1.82) is 0 Å². The third-order valence-corrected chi connectivity index (χ3v) is 4.93. The van der Waals surface area contributed by atoms with Crippen LogP contribution >= 0.6 is 0 Å². The number of nitrogens with one attached hydrogen (secondary N) is 1. The maximum absolute atomic E-state index is 13.0. The minimum Gasteiger partial charge on any atom is -0.341 e. The largest absolute Gasteiger partial charge is 0.341 e. The van der Waals surface area contributed by atoms with E-state index in [0.717, 1.165) is 31.6 Å². The number of aromatic nitrogens is 1. The highest BCUT2D eigenvalue weighted by Crippen LogP contribution is 2.26. The van der Waals surface area contributed by atoms with Gasteiger partial charge in [0.2, 0.25) is 0 Å². The molecule has 2 unspecified atom stereocenters. The summed E-state index contributed by atoms with van der Waals surface area (Å²) in [4.78, 5) is 15.2. The van der Waals surface area contributed by atoms with E-state index < -0.39 is 0 Å². The maximum atomic E-state index is 13.0. The number of nitrogens with zero attached hydrogens (tertiary/aromatic N) is 2. The van der Waals surface area contributed by atoms with Gasteiger partial charge < -0.3 is 14.8 Å². The smallest absolute Gasteiger partial charge is 0.270 e. The fourth-order valence-electron chi connectivity index (χ4n) is 3.84. The first-order valence-corrected chi connectivity index (χ1v) is 8.39. The molecule has 1 aromatic rings. The van der Waals surface area contributed by atoms with Crippen LogP contribution in [-0.2, 0) is 0 Å². The molecule has 4 heteroatoms. The molecule has 2 atom stereocenters. The zero-order valence-corrected chi connectivity index (χ0v) is 13.2. The van der Waals surface area contributed by atoms with Gasteiger partial charge in [-0.15, -0.1) is 0 Å². The third-order valence-electron chi connectivity index (χ3n) is 4.93. The lowest BCUT2D eigenvalue weighted by Gasteiger charge is -2.39. The molecule has 0 bridgehead atoms. The minimum atomic E-state index is 0.215. The van der Waals surface area contributed by atoms with Crippen LogP contribution in [0.15, 0.2) is 18.3 Å². The van der Waals surface area contributed by atoms with Gasteiger partial charge in [-0.2, -0.15) is 0 Å². The molecule has 0 aliphatic carbocycles. The Hall–Kier alpha value is -1.29. The highest BCUT2D eigenvalue weighted by Gasteiger charge is 2.35. The van der Waals surface area contributed by atoms with Gasteiger partial charge in [0.1, 0.15) is 5.69 Å². The number of piperidine rings is 1. The van der Waals surface area contributed by atoms with Crippen molar-refractivity contribution in [2.75, 3.05) is 13.1 Å². The van der Waals surface area contributed by atoms with Crippen molar-refractivity contribution in [1.82, 2.24) is 14.8 Å². The lowest BCUT2D eigenvalue weighted by atomic mass is 9.94. The van der Waals surface area contributed by atoms with Gasteiger partial charge in [-0.05, 0) is 64.6 Å². The standard InChI is InChI=1S/C17H27N3O/c1-13(2)19-12-6-9-16(19)17(21)20-11-4-3-8-15(20)14-7-5-10-18-14/h6,9,12-15,18H,3-5,7-8,10-11H2,1-2H3. The van der Waals surface area contributed by atoms with Gasteiger partial charge in [0.15, 0.2) is 0 Å². The number of rotatable bonds is 3. The Morgan fingerprint density at radius 1 is 1.29 bits per heavy atom. The summed E-state index contributed by atoms with van der Waals surface area (Å²) in [6.07, 6.45) is 8.00. The molecule has 2 saturated heterocycles. The average Bonchev–Trinajstić information content (AvgIpc) is 3.17. The number of likely N-dealkylation sites (tertiary alicyclic amines) is 1. The van der Waals surface area contributed by atoms with Crippen LogP contribution in [0.1, 0.15) is 62.5 Å². The molecule has 3 heterocycles. The quantitative estimate of drug-likeness (QED) is 0.929. The molecule has 2 aliphatic rings. The van der Waals surface area contributed by atoms with Crippen LogP contribution in [0.25, 0.3) is 0 Å². The highest BCUT2D eigenvalue weighted by molar-refractivity contribution is 5.93. The molecule has 0 radical (unpaired) electrons. The van der Waals surface area contributed by atoms with Crippen LogP contribution in [0.3, 0.4) is 0 Å². The average molecular weight is 289 g/mol. The molecule has 116 valence electrons. The summed E-state index contributed by atoms with van der Waals surface area (Å²) in [5, 5.41) is 3.59. The summed E-state index contributed by atoms with van der Waals surface area (Å²) in [7, 11) is 0. The molecule has 1 aromatic heterocycles. The Labute approximate surface area is 127 Å². The summed E-state index contributed by atoms with van der Waals surface area (Å²) < 4.78 is 2.09. The summed E-state index contributed by atoms with van der Waals surface area (Å²) in [5.41, 5.74) is 0.842. The second-order valence-corrected chi connectivity index (χ2v) is 6.66. The van der Waals surface area contributed by atoms with E-state index in [0.29, 0.717) is 18.1 Å². The van der Waals surface area contributed by atoms with Crippen molar-refractivity contribution in [3.63, 3.8) is 0 Å². The van der Waals surface area contributed by atoms with E-state index in [1.165, 1.54) is 19.3 Å². The number of carbonyl (C=O) groups is 1. The zero-order chi connectivity index (χ0) is 14.8. The molecule has 2 aliphatic heterocycles. The SMILES string of the molecule is CC(C)n1cccc1C(=O)N1CCCCC1C1CCCN1. The Morgan fingerprint density at radius 3 is 2.86 bits per heavy atom.